The number of carboxylic acid groups (broad SMARTS) is 1. The summed E-state index contributed by atoms with van der Waals surface area (Å²) in [5.74, 6) is -0.690. The third-order valence-corrected chi connectivity index (χ3v) is 5.24. The third kappa shape index (κ3) is 3.37. The molecule has 1 aliphatic rings. The molecule has 2 N–H and O–H groups in total. The topological polar surface area (TPSA) is 82.1 Å². The number of rotatable bonds is 4. The molecule has 4 rings (SSSR count). The van der Waals surface area contributed by atoms with Crippen molar-refractivity contribution < 1.29 is 14.3 Å². The number of nitrogens with one attached hydrogen (secondary N) is 1. The van der Waals surface area contributed by atoms with Crippen LogP contribution >= 0.6 is 0 Å². The van der Waals surface area contributed by atoms with E-state index >= 15 is 0 Å². The maximum Gasteiger partial charge on any atom is 0.352 e. The largest absolute Gasteiger partial charge is 0.477 e. The third-order valence-electron chi connectivity index (χ3n) is 5.24. The molecular formula is C20H21FN4O2. The summed E-state index contributed by atoms with van der Waals surface area (Å²) < 4.78 is 13.4. The Hall–Kier alpha value is -2.96. The Bertz CT molecular complexity index is 978. The molecule has 6 nitrogen and oxygen atoms in total. The molecule has 1 saturated carbocycles. The molecule has 7 heteroatoms. The number of aromatic nitrogens is 3. The van der Waals surface area contributed by atoms with Crippen molar-refractivity contribution in [2.24, 2.45) is 0 Å². The molecule has 0 atom stereocenters. The zero-order valence-corrected chi connectivity index (χ0v) is 15.1. The first-order valence-corrected chi connectivity index (χ1v) is 9.16. The minimum absolute atomic E-state index is 0.0486. The summed E-state index contributed by atoms with van der Waals surface area (Å²) in [6, 6.07) is 7.97. The van der Waals surface area contributed by atoms with Crippen molar-refractivity contribution in [3.8, 4) is 11.3 Å². The average molecular weight is 368 g/mol. The number of nitrogens with zero attached hydrogens (tertiary/aromatic N) is 3. The maximum absolute atomic E-state index is 13.4. The van der Waals surface area contributed by atoms with Gasteiger partial charge in [-0.05, 0) is 43.2 Å². The van der Waals surface area contributed by atoms with E-state index in [1.807, 2.05) is 7.05 Å². The molecule has 0 unspecified atom stereocenters. The minimum Gasteiger partial charge on any atom is -0.477 e. The highest BCUT2D eigenvalue weighted by Gasteiger charge is 2.24. The average Bonchev–Trinajstić information content (AvgIpc) is 3.11. The smallest absolute Gasteiger partial charge is 0.352 e. The van der Waals surface area contributed by atoms with Gasteiger partial charge >= 0.3 is 5.97 Å². The lowest BCUT2D eigenvalue weighted by molar-refractivity contribution is 0.0691. The lowest BCUT2D eigenvalue weighted by Crippen LogP contribution is -2.34. The highest BCUT2D eigenvalue weighted by Crippen LogP contribution is 2.33. The molecule has 2 heterocycles. The van der Waals surface area contributed by atoms with Crippen LogP contribution in [-0.4, -0.2) is 39.1 Å². The van der Waals surface area contributed by atoms with Gasteiger partial charge in [-0.1, -0.05) is 19.3 Å². The number of anilines is 1. The van der Waals surface area contributed by atoms with Crippen molar-refractivity contribution in [2.75, 3.05) is 11.9 Å². The summed E-state index contributed by atoms with van der Waals surface area (Å²) >= 11 is 0. The number of H-pyrrole nitrogens is 1. The molecule has 0 spiro atoms. The lowest BCUT2D eigenvalue weighted by atomic mass is 9.94. The van der Waals surface area contributed by atoms with Crippen LogP contribution in [0.4, 0.5) is 10.2 Å². The van der Waals surface area contributed by atoms with E-state index in [0.717, 1.165) is 18.4 Å². The van der Waals surface area contributed by atoms with E-state index in [1.165, 1.54) is 37.5 Å². The van der Waals surface area contributed by atoms with Crippen LogP contribution in [0.5, 0.6) is 0 Å². The molecule has 27 heavy (non-hydrogen) atoms. The molecule has 0 aliphatic heterocycles. The Labute approximate surface area is 156 Å². The van der Waals surface area contributed by atoms with E-state index in [1.54, 1.807) is 12.1 Å². The Morgan fingerprint density at radius 1 is 1.19 bits per heavy atom. The summed E-state index contributed by atoms with van der Waals surface area (Å²) in [5.41, 5.74) is 2.35. The van der Waals surface area contributed by atoms with Crippen LogP contribution < -0.4 is 4.90 Å². The van der Waals surface area contributed by atoms with E-state index in [-0.39, 0.29) is 11.5 Å². The summed E-state index contributed by atoms with van der Waals surface area (Å²) in [7, 11) is 2.00. The van der Waals surface area contributed by atoms with Crippen molar-refractivity contribution in [3.05, 3.63) is 41.8 Å². The van der Waals surface area contributed by atoms with Crippen molar-refractivity contribution >= 4 is 23.0 Å². The summed E-state index contributed by atoms with van der Waals surface area (Å²) in [6.07, 6.45) is 5.79. The summed E-state index contributed by atoms with van der Waals surface area (Å²) in [4.78, 5) is 25.6. The molecular weight excluding hydrogens is 347 g/mol. The number of fused-ring (bicyclic) bond motifs is 1. The second-order valence-electron chi connectivity index (χ2n) is 7.03. The Balaban J connectivity index is 1.86. The van der Waals surface area contributed by atoms with Gasteiger partial charge < -0.3 is 15.0 Å². The van der Waals surface area contributed by atoms with Gasteiger partial charge in [-0.25, -0.2) is 19.2 Å². The SMILES string of the molecule is CN(c1nc2[nH]c(C(=O)O)cc2nc1-c1ccc(F)cc1)C1CCCCC1. The second kappa shape index (κ2) is 6.98. The first kappa shape index (κ1) is 17.5. The molecule has 0 amide bonds. The number of aromatic amines is 1. The summed E-state index contributed by atoms with van der Waals surface area (Å²) in [6.45, 7) is 0. The Morgan fingerprint density at radius 2 is 1.89 bits per heavy atom. The van der Waals surface area contributed by atoms with E-state index < -0.39 is 5.97 Å². The lowest BCUT2D eigenvalue weighted by Gasteiger charge is -2.33. The molecule has 0 radical (unpaired) electrons. The molecule has 2 aromatic heterocycles. The van der Waals surface area contributed by atoms with Crippen LogP contribution in [0, 0.1) is 5.82 Å². The highest BCUT2D eigenvalue weighted by molar-refractivity contribution is 5.92. The quantitative estimate of drug-likeness (QED) is 0.720. The fourth-order valence-corrected chi connectivity index (χ4v) is 3.74. The highest BCUT2D eigenvalue weighted by atomic mass is 19.1. The van der Waals surface area contributed by atoms with E-state index in [4.69, 9.17) is 4.98 Å². The molecule has 1 aromatic carbocycles. The summed E-state index contributed by atoms with van der Waals surface area (Å²) in [5, 5.41) is 9.25. The first-order chi connectivity index (χ1) is 13.0. The fourth-order valence-electron chi connectivity index (χ4n) is 3.74. The van der Waals surface area contributed by atoms with Crippen molar-refractivity contribution in [1.82, 2.24) is 15.0 Å². The van der Waals surface area contributed by atoms with Gasteiger partial charge in [0.15, 0.2) is 11.5 Å². The van der Waals surface area contributed by atoms with Crippen LogP contribution in [0.2, 0.25) is 0 Å². The maximum atomic E-state index is 13.4. The van der Waals surface area contributed by atoms with Crippen LogP contribution in [0.1, 0.15) is 42.6 Å². The zero-order chi connectivity index (χ0) is 19.0. The molecule has 140 valence electrons. The van der Waals surface area contributed by atoms with Gasteiger partial charge in [-0.15, -0.1) is 0 Å². The van der Waals surface area contributed by atoms with Gasteiger partial charge in [-0.3, -0.25) is 0 Å². The van der Waals surface area contributed by atoms with Crippen molar-refractivity contribution in [1.29, 1.82) is 0 Å². The van der Waals surface area contributed by atoms with Gasteiger partial charge in [0.05, 0.1) is 0 Å². The number of hydrogen-bond acceptors (Lipinski definition) is 4. The van der Waals surface area contributed by atoms with Gasteiger partial charge in [-0.2, -0.15) is 0 Å². The fraction of sp³-hybridized carbons (Fsp3) is 0.350. The number of aromatic carboxylic acids is 1. The predicted molar refractivity (Wildman–Crippen MR) is 102 cm³/mol. The molecule has 0 saturated heterocycles. The van der Waals surface area contributed by atoms with Gasteiger partial charge in [0.25, 0.3) is 0 Å². The van der Waals surface area contributed by atoms with Crippen LogP contribution in [0.15, 0.2) is 30.3 Å². The normalized spacial score (nSPS) is 15.2. The standard InChI is InChI=1S/C20H21FN4O2/c1-25(14-5-3-2-4-6-14)19-17(12-7-9-13(21)10-8-12)22-15-11-16(20(26)27)23-18(15)24-19/h7-11,14H,2-6H2,1H3,(H,23,24)(H,26,27). The van der Waals surface area contributed by atoms with Gasteiger partial charge in [0.1, 0.15) is 22.7 Å². The number of carbonyl (C=O) groups is 1. The second-order valence-corrected chi connectivity index (χ2v) is 7.03. The molecule has 1 fully saturated rings. The van der Waals surface area contributed by atoms with Crippen LogP contribution in [-0.2, 0) is 0 Å². The van der Waals surface area contributed by atoms with E-state index in [0.29, 0.717) is 28.7 Å². The van der Waals surface area contributed by atoms with Crippen LogP contribution in [0.3, 0.4) is 0 Å². The molecule has 3 aromatic rings. The van der Waals surface area contributed by atoms with Crippen molar-refractivity contribution in [2.45, 2.75) is 38.1 Å². The van der Waals surface area contributed by atoms with E-state index in [9.17, 15) is 14.3 Å². The monoisotopic (exact) mass is 368 g/mol. The molecule has 0 bridgehead atoms. The van der Waals surface area contributed by atoms with Crippen molar-refractivity contribution in [3.63, 3.8) is 0 Å². The van der Waals surface area contributed by atoms with Gasteiger partial charge in [0, 0.05) is 18.7 Å². The number of carboxylic acids is 1. The minimum atomic E-state index is -1.06. The predicted octanol–water partition coefficient (Wildman–Crippen LogP) is 4.23. The van der Waals surface area contributed by atoms with Gasteiger partial charge in [0.2, 0.25) is 0 Å². The van der Waals surface area contributed by atoms with Crippen LogP contribution in [0.25, 0.3) is 22.4 Å². The molecule has 1 aliphatic carbocycles. The Kier molecular flexibility index (Phi) is 4.51. The number of benzene rings is 1. The number of halogens is 1. The Morgan fingerprint density at radius 3 is 2.56 bits per heavy atom. The zero-order valence-electron chi connectivity index (χ0n) is 15.1. The van der Waals surface area contributed by atoms with E-state index in [2.05, 4.69) is 14.9 Å². The number of hydrogen-bond donors (Lipinski definition) is 2. The first-order valence-electron chi connectivity index (χ1n) is 9.16.